The Kier molecular flexibility index (Phi) is 3.65. The number of aromatic amines is 1. The lowest BCUT2D eigenvalue weighted by molar-refractivity contribution is 0.151. The average Bonchev–Trinajstić information content (AvgIpc) is 2.96. The van der Waals surface area contributed by atoms with Gasteiger partial charge >= 0.3 is 0 Å². The van der Waals surface area contributed by atoms with Crippen molar-refractivity contribution in [1.29, 1.82) is 0 Å². The lowest BCUT2D eigenvalue weighted by atomic mass is 10.2. The molecule has 0 aliphatic heterocycles. The summed E-state index contributed by atoms with van der Waals surface area (Å²) in [6.45, 7) is 0. The number of nitrogens with one attached hydrogen (secondary N) is 2. The van der Waals surface area contributed by atoms with Crippen LogP contribution in [0, 0.1) is 0 Å². The normalized spacial score (nSPS) is 12.0. The van der Waals surface area contributed by atoms with Gasteiger partial charge in [0.1, 0.15) is 0 Å². The molecule has 3 rings (SSSR count). The van der Waals surface area contributed by atoms with E-state index in [1.807, 2.05) is 0 Å². The van der Waals surface area contributed by atoms with E-state index in [1.54, 1.807) is 24.4 Å². The van der Waals surface area contributed by atoms with Crippen molar-refractivity contribution >= 4 is 22.7 Å². The van der Waals surface area contributed by atoms with Gasteiger partial charge in [-0.15, -0.1) is 0 Å². The zero-order valence-electron chi connectivity index (χ0n) is 11.2. The number of anilines is 1. The Labute approximate surface area is 123 Å². The van der Waals surface area contributed by atoms with Crippen molar-refractivity contribution in [3.8, 4) is 0 Å². The number of hydrogen-bond acceptors (Lipinski definition) is 4. The number of oxime groups is 1. The minimum atomic E-state index is -2.58. The van der Waals surface area contributed by atoms with Crippen LogP contribution < -0.4 is 5.32 Å². The van der Waals surface area contributed by atoms with E-state index in [4.69, 9.17) is 5.21 Å². The molecule has 8 heteroatoms. The molecule has 112 valence electrons. The summed E-state index contributed by atoms with van der Waals surface area (Å²) in [7, 11) is 0. The molecule has 0 fully saturated rings. The molecule has 2 heterocycles. The molecule has 0 aliphatic carbocycles. The molecule has 0 saturated carbocycles. The first-order valence-electron chi connectivity index (χ1n) is 6.35. The number of benzene rings is 1. The average molecular weight is 303 g/mol. The molecule has 0 bridgehead atoms. The van der Waals surface area contributed by atoms with Crippen LogP contribution in [0.25, 0.3) is 11.2 Å². The molecular weight excluding hydrogens is 292 g/mol. The Balaban J connectivity index is 1.90. The zero-order chi connectivity index (χ0) is 15.5. The number of fused-ring (bicyclic) bond motifs is 1. The Hall–Kier alpha value is -3.03. The van der Waals surface area contributed by atoms with E-state index in [2.05, 4.69) is 25.4 Å². The molecule has 0 saturated heterocycles. The van der Waals surface area contributed by atoms with Crippen LogP contribution in [0.5, 0.6) is 0 Å². The molecule has 0 radical (unpaired) electrons. The summed E-state index contributed by atoms with van der Waals surface area (Å²) in [6, 6.07) is 9.16. The summed E-state index contributed by atoms with van der Waals surface area (Å²) in [5.74, 6) is 0.253. The van der Waals surface area contributed by atoms with E-state index in [0.29, 0.717) is 16.9 Å². The van der Waals surface area contributed by atoms with Crippen LogP contribution in [0.2, 0.25) is 0 Å². The van der Waals surface area contributed by atoms with E-state index in [0.717, 1.165) is 0 Å². The standard InChI is InChI=1S/C14H11F2N5O/c15-11(16)8-3-1-4-9(7-8)18-14(21-22)13-19-10-5-2-6-17-12(10)20-13/h1-7,11,22H,(H,18,21)(H,17,19,20). The van der Waals surface area contributed by atoms with E-state index >= 15 is 0 Å². The number of amidine groups is 1. The molecule has 3 N–H and O–H groups in total. The fourth-order valence-electron chi connectivity index (χ4n) is 1.98. The van der Waals surface area contributed by atoms with E-state index < -0.39 is 6.43 Å². The van der Waals surface area contributed by atoms with Crippen LogP contribution in [-0.2, 0) is 0 Å². The molecule has 2 aromatic heterocycles. The third-order valence-electron chi connectivity index (χ3n) is 2.98. The number of H-pyrrole nitrogens is 1. The van der Waals surface area contributed by atoms with Gasteiger partial charge in [0.05, 0.1) is 5.52 Å². The topological polar surface area (TPSA) is 86.2 Å². The van der Waals surface area contributed by atoms with Gasteiger partial charge in [-0.25, -0.2) is 18.7 Å². The zero-order valence-corrected chi connectivity index (χ0v) is 11.2. The molecule has 0 unspecified atom stereocenters. The highest BCUT2D eigenvalue weighted by Gasteiger charge is 2.13. The number of aromatic nitrogens is 3. The maximum Gasteiger partial charge on any atom is 0.263 e. The third kappa shape index (κ3) is 2.71. The Morgan fingerprint density at radius 3 is 2.86 bits per heavy atom. The monoisotopic (exact) mass is 303 g/mol. The van der Waals surface area contributed by atoms with Crippen LogP contribution in [0.3, 0.4) is 0 Å². The van der Waals surface area contributed by atoms with E-state index in [-0.39, 0.29) is 17.2 Å². The first-order chi connectivity index (χ1) is 10.7. The van der Waals surface area contributed by atoms with Crippen molar-refractivity contribution < 1.29 is 14.0 Å². The van der Waals surface area contributed by atoms with Gasteiger partial charge in [-0.2, -0.15) is 0 Å². The first kappa shape index (κ1) is 13.9. The molecule has 0 atom stereocenters. The first-order valence-corrected chi connectivity index (χ1v) is 6.35. The highest BCUT2D eigenvalue weighted by atomic mass is 19.3. The summed E-state index contributed by atoms with van der Waals surface area (Å²) in [6.07, 6.45) is -0.992. The summed E-state index contributed by atoms with van der Waals surface area (Å²) in [5.41, 5.74) is 1.36. The molecule has 0 amide bonds. The highest BCUT2D eigenvalue weighted by Crippen LogP contribution is 2.22. The maximum absolute atomic E-state index is 12.7. The van der Waals surface area contributed by atoms with Crippen LogP contribution in [0.15, 0.2) is 47.8 Å². The maximum atomic E-state index is 12.7. The van der Waals surface area contributed by atoms with Crippen LogP contribution >= 0.6 is 0 Å². The second kappa shape index (κ2) is 5.76. The van der Waals surface area contributed by atoms with E-state index in [1.165, 1.54) is 18.2 Å². The fourth-order valence-corrected chi connectivity index (χ4v) is 1.98. The van der Waals surface area contributed by atoms with E-state index in [9.17, 15) is 8.78 Å². The Bertz CT molecular complexity index is 798. The summed E-state index contributed by atoms with van der Waals surface area (Å²) in [5, 5.41) is 15.0. The van der Waals surface area contributed by atoms with Crippen molar-refractivity contribution in [2.24, 2.45) is 5.16 Å². The van der Waals surface area contributed by atoms with Gasteiger partial charge in [-0.1, -0.05) is 17.3 Å². The predicted molar refractivity (Wildman–Crippen MR) is 77.2 cm³/mol. The summed E-state index contributed by atoms with van der Waals surface area (Å²) >= 11 is 0. The lowest BCUT2D eigenvalue weighted by Crippen LogP contribution is -2.15. The number of rotatable bonds is 3. The van der Waals surface area contributed by atoms with Gasteiger partial charge in [-0.3, -0.25) is 0 Å². The van der Waals surface area contributed by atoms with Gasteiger partial charge in [0.25, 0.3) is 6.43 Å². The molecule has 0 spiro atoms. The molecule has 0 aliphatic rings. The van der Waals surface area contributed by atoms with Gasteiger partial charge in [0.15, 0.2) is 11.5 Å². The second-order valence-electron chi connectivity index (χ2n) is 4.46. The number of imidazole rings is 1. The van der Waals surface area contributed by atoms with Crippen molar-refractivity contribution in [3.05, 3.63) is 54.0 Å². The predicted octanol–water partition coefficient (Wildman–Crippen LogP) is 3.14. The minimum absolute atomic E-state index is 0.00409. The number of pyridine rings is 1. The molecule has 1 aromatic carbocycles. The number of alkyl halides is 2. The van der Waals surface area contributed by atoms with Crippen molar-refractivity contribution in [3.63, 3.8) is 0 Å². The number of hydrogen-bond donors (Lipinski definition) is 3. The van der Waals surface area contributed by atoms with Gasteiger partial charge in [0, 0.05) is 17.4 Å². The third-order valence-corrected chi connectivity index (χ3v) is 2.98. The number of halogens is 2. The van der Waals surface area contributed by atoms with Gasteiger partial charge < -0.3 is 15.5 Å². The summed E-state index contributed by atoms with van der Waals surface area (Å²) < 4.78 is 25.4. The second-order valence-corrected chi connectivity index (χ2v) is 4.46. The molecule has 6 nitrogen and oxygen atoms in total. The van der Waals surface area contributed by atoms with Crippen LogP contribution in [0.4, 0.5) is 14.5 Å². The lowest BCUT2D eigenvalue weighted by Gasteiger charge is -2.07. The van der Waals surface area contributed by atoms with Crippen molar-refractivity contribution in [2.75, 3.05) is 5.32 Å². The summed E-state index contributed by atoms with van der Waals surface area (Å²) in [4.78, 5) is 11.2. The molecule has 22 heavy (non-hydrogen) atoms. The van der Waals surface area contributed by atoms with Crippen LogP contribution in [0.1, 0.15) is 17.8 Å². The number of nitrogens with zero attached hydrogens (tertiary/aromatic N) is 3. The molecule has 3 aromatic rings. The minimum Gasteiger partial charge on any atom is -0.409 e. The fraction of sp³-hybridized carbons (Fsp3) is 0.0714. The SMILES string of the molecule is O/N=C(/Nc1cccc(C(F)F)c1)c1nc2ncccc2[nH]1. The van der Waals surface area contributed by atoms with Crippen LogP contribution in [-0.4, -0.2) is 26.0 Å². The van der Waals surface area contributed by atoms with Gasteiger partial charge in [-0.05, 0) is 24.3 Å². The Morgan fingerprint density at radius 2 is 2.14 bits per heavy atom. The highest BCUT2D eigenvalue weighted by molar-refractivity contribution is 6.06. The quantitative estimate of drug-likeness (QED) is 0.300. The van der Waals surface area contributed by atoms with Crippen molar-refractivity contribution in [2.45, 2.75) is 6.43 Å². The smallest absolute Gasteiger partial charge is 0.263 e. The van der Waals surface area contributed by atoms with Crippen molar-refractivity contribution in [1.82, 2.24) is 15.0 Å². The Morgan fingerprint density at radius 1 is 1.27 bits per heavy atom. The molecular formula is C14H11F2N5O. The largest absolute Gasteiger partial charge is 0.409 e. The van der Waals surface area contributed by atoms with Gasteiger partial charge in [0.2, 0.25) is 5.84 Å².